The van der Waals surface area contributed by atoms with Gasteiger partial charge in [-0.3, -0.25) is 4.90 Å². The van der Waals surface area contributed by atoms with Gasteiger partial charge >= 0.3 is 0 Å². The molecule has 0 aliphatic rings. The molecule has 0 unspecified atom stereocenters. The highest BCUT2D eigenvalue weighted by Crippen LogP contribution is 2.13. The van der Waals surface area contributed by atoms with Gasteiger partial charge in [-0.1, -0.05) is 18.3 Å². The maximum atomic E-state index is 13.1. The number of nitrogens with zero attached hydrogens (tertiary/aromatic N) is 1. The number of thiocarbonyl (C=S) groups is 1. The van der Waals surface area contributed by atoms with Crippen LogP contribution in [0.5, 0.6) is 0 Å². The molecule has 0 aliphatic carbocycles. The van der Waals surface area contributed by atoms with Crippen LogP contribution in [0.15, 0.2) is 18.2 Å². The molecule has 0 fully saturated rings. The van der Waals surface area contributed by atoms with E-state index in [0.717, 1.165) is 11.6 Å². The Balaban J connectivity index is 2.70. The molecular formula is C13H18F2N2S. The van der Waals surface area contributed by atoms with E-state index in [4.69, 9.17) is 18.0 Å². The number of benzene rings is 1. The molecule has 0 radical (unpaired) electrons. The van der Waals surface area contributed by atoms with Gasteiger partial charge in [-0.25, -0.2) is 8.78 Å². The normalized spacial score (nSPS) is 11.2. The first-order chi connectivity index (χ1) is 8.40. The zero-order valence-electron chi connectivity index (χ0n) is 10.6. The third-order valence-electron chi connectivity index (χ3n) is 2.75. The SMILES string of the molecule is CC(C)N(CCC(N)=S)Cc1ccc(F)c(F)c1. The number of halogens is 2. The van der Waals surface area contributed by atoms with Crippen LogP contribution in [0.3, 0.4) is 0 Å². The summed E-state index contributed by atoms with van der Waals surface area (Å²) in [6, 6.07) is 4.25. The molecule has 2 nitrogen and oxygen atoms in total. The lowest BCUT2D eigenvalue weighted by Gasteiger charge is -2.26. The van der Waals surface area contributed by atoms with Crippen molar-refractivity contribution in [3.05, 3.63) is 35.4 Å². The Morgan fingerprint density at radius 1 is 1.33 bits per heavy atom. The van der Waals surface area contributed by atoms with Gasteiger partial charge in [0.05, 0.1) is 4.99 Å². The summed E-state index contributed by atoms with van der Waals surface area (Å²) in [7, 11) is 0. The predicted octanol–water partition coefficient (Wildman–Crippen LogP) is 2.85. The Hall–Kier alpha value is -1.07. The second-order valence-electron chi connectivity index (χ2n) is 4.53. The van der Waals surface area contributed by atoms with Crippen LogP contribution in [0.25, 0.3) is 0 Å². The minimum absolute atomic E-state index is 0.285. The fourth-order valence-electron chi connectivity index (χ4n) is 1.65. The summed E-state index contributed by atoms with van der Waals surface area (Å²) in [5.41, 5.74) is 6.21. The van der Waals surface area contributed by atoms with Crippen molar-refractivity contribution in [1.82, 2.24) is 4.90 Å². The van der Waals surface area contributed by atoms with Gasteiger partial charge in [-0.15, -0.1) is 0 Å². The van der Waals surface area contributed by atoms with Crippen molar-refractivity contribution in [3.8, 4) is 0 Å². The van der Waals surface area contributed by atoms with Gasteiger partial charge in [0.1, 0.15) is 0 Å². The largest absolute Gasteiger partial charge is 0.393 e. The molecule has 1 rings (SSSR count). The third kappa shape index (κ3) is 4.66. The molecule has 0 atom stereocenters. The number of hydrogen-bond acceptors (Lipinski definition) is 2. The zero-order chi connectivity index (χ0) is 13.7. The van der Waals surface area contributed by atoms with E-state index in [2.05, 4.69) is 4.90 Å². The van der Waals surface area contributed by atoms with Crippen LogP contribution in [0.2, 0.25) is 0 Å². The van der Waals surface area contributed by atoms with Crippen molar-refractivity contribution < 1.29 is 8.78 Å². The highest BCUT2D eigenvalue weighted by molar-refractivity contribution is 7.80. The summed E-state index contributed by atoms with van der Waals surface area (Å²) in [4.78, 5) is 2.58. The quantitative estimate of drug-likeness (QED) is 0.807. The highest BCUT2D eigenvalue weighted by atomic mass is 32.1. The van der Waals surface area contributed by atoms with Crippen LogP contribution in [-0.4, -0.2) is 22.5 Å². The fourth-order valence-corrected chi connectivity index (χ4v) is 1.74. The highest BCUT2D eigenvalue weighted by Gasteiger charge is 2.11. The molecule has 0 aliphatic heterocycles. The molecule has 0 heterocycles. The molecule has 1 aromatic rings. The molecule has 100 valence electrons. The molecule has 0 amide bonds. The van der Waals surface area contributed by atoms with Crippen molar-refractivity contribution >= 4 is 17.2 Å². The predicted molar refractivity (Wildman–Crippen MR) is 73.3 cm³/mol. The van der Waals surface area contributed by atoms with Crippen molar-refractivity contribution in [1.29, 1.82) is 0 Å². The van der Waals surface area contributed by atoms with Gasteiger partial charge < -0.3 is 5.73 Å². The molecule has 5 heteroatoms. The topological polar surface area (TPSA) is 29.3 Å². The molecular weight excluding hydrogens is 254 g/mol. The van der Waals surface area contributed by atoms with Crippen LogP contribution < -0.4 is 5.73 Å². The molecule has 1 aromatic carbocycles. The fraction of sp³-hybridized carbons (Fsp3) is 0.462. The summed E-state index contributed by atoms with van der Waals surface area (Å²) in [6.45, 7) is 5.35. The summed E-state index contributed by atoms with van der Waals surface area (Å²) < 4.78 is 25.9. The van der Waals surface area contributed by atoms with Crippen LogP contribution in [-0.2, 0) is 6.54 Å². The lowest BCUT2D eigenvalue weighted by Crippen LogP contribution is -2.33. The average molecular weight is 272 g/mol. The Kier molecular flexibility index (Phi) is 5.62. The lowest BCUT2D eigenvalue weighted by atomic mass is 10.1. The van der Waals surface area contributed by atoms with E-state index in [0.29, 0.717) is 24.5 Å². The summed E-state index contributed by atoms with van der Waals surface area (Å²) >= 11 is 4.84. The number of rotatable bonds is 6. The van der Waals surface area contributed by atoms with E-state index in [1.54, 1.807) is 6.07 Å². The Morgan fingerprint density at radius 2 is 2.00 bits per heavy atom. The summed E-state index contributed by atoms with van der Waals surface area (Å²) in [5.74, 6) is -1.64. The van der Waals surface area contributed by atoms with E-state index in [1.165, 1.54) is 6.07 Å². The van der Waals surface area contributed by atoms with E-state index in [1.807, 2.05) is 13.8 Å². The van der Waals surface area contributed by atoms with Gasteiger partial charge in [0.2, 0.25) is 0 Å². The van der Waals surface area contributed by atoms with Gasteiger partial charge in [-0.2, -0.15) is 0 Å². The number of nitrogens with two attached hydrogens (primary N) is 1. The van der Waals surface area contributed by atoms with E-state index in [-0.39, 0.29) is 6.04 Å². The second-order valence-corrected chi connectivity index (χ2v) is 5.05. The summed E-state index contributed by atoms with van der Waals surface area (Å²) in [5, 5.41) is 0. The first kappa shape index (κ1) is 15.0. The van der Waals surface area contributed by atoms with Crippen molar-refractivity contribution in [2.45, 2.75) is 32.9 Å². The molecule has 0 aromatic heterocycles. The van der Waals surface area contributed by atoms with Crippen LogP contribution in [0.4, 0.5) is 8.78 Å². The van der Waals surface area contributed by atoms with E-state index >= 15 is 0 Å². The van der Waals surface area contributed by atoms with E-state index < -0.39 is 11.6 Å². The van der Waals surface area contributed by atoms with Crippen LogP contribution >= 0.6 is 12.2 Å². The van der Waals surface area contributed by atoms with Crippen molar-refractivity contribution in [3.63, 3.8) is 0 Å². The number of hydrogen-bond donors (Lipinski definition) is 1. The van der Waals surface area contributed by atoms with E-state index in [9.17, 15) is 8.78 Å². The lowest BCUT2D eigenvalue weighted by molar-refractivity contribution is 0.219. The smallest absolute Gasteiger partial charge is 0.159 e. The first-order valence-electron chi connectivity index (χ1n) is 5.86. The minimum atomic E-state index is -0.821. The second kappa shape index (κ2) is 6.75. The van der Waals surface area contributed by atoms with Gasteiger partial charge in [0.25, 0.3) is 0 Å². The summed E-state index contributed by atoms with van der Waals surface area (Å²) in [6.07, 6.45) is 0.622. The van der Waals surface area contributed by atoms with Crippen molar-refractivity contribution in [2.75, 3.05) is 6.54 Å². The van der Waals surface area contributed by atoms with Gasteiger partial charge in [0, 0.05) is 25.6 Å². The molecule has 2 N–H and O–H groups in total. The molecule has 0 spiro atoms. The maximum absolute atomic E-state index is 13.1. The monoisotopic (exact) mass is 272 g/mol. The van der Waals surface area contributed by atoms with Gasteiger partial charge in [-0.05, 0) is 31.5 Å². The zero-order valence-corrected chi connectivity index (χ0v) is 11.4. The maximum Gasteiger partial charge on any atom is 0.159 e. The van der Waals surface area contributed by atoms with Gasteiger partial charge in [0.15, 0.2) is 11.6 Å². The Bertz CT molecular complexity index is 421. The Morgan fingerprint density at radius 3 is 2.50 bits per heavy atom. The van der Waals surface area contributed by atoms with Crippen LogP contribution in [0.1, 0.15) is 25.8 Å². The average Bonchev–Trinajstić information content (AvgIpc) is 2.28. The van der Waals surface area contributed by atoms with Crippen LogP contribution in [0, 0.1) is 11.6 Å². The van der Waals surface area contributed by atoms with Crippen molar-refractivity contribution in [2.24, 2.45) is 5.73 Å². The Labute approximate surface area is 112 Å². The third-order valence-corrected chi connectivity index (χ3v) is 2.95. The molecule has 0 saturated heterocycles. The standard InChI is InChI=1S/C13H18F2N2S/c1-9(2)17(6-5-13(16)18)8-10-3-4-11(14)12(15)7-10/h3-4,7,9H,5-6,8H2,1-2H3,(H2,16,18). The molecule has 0 bridgehead atoms. The first-order valence-corrected chi connectivity index (χ1v) is 6.27. The minimum Gasteiger partial charge on any atom is -0.393 e. The molecule has 0 saturated carbocycles. The molecule has 18 heavy (non-hydrogen) atoms.